The second kappa shape index (κ2) is 22.5. The van der Waals surface area contributed by atoms with Crippen LogP contribution in [0, 0.1) is 0 Å². The summed E-state index contributed by atoms with van der Waals surface area (Å²) in [6.07, 6.45) is 0. The largest absolute Gasteiger partial charge is 0.0888 e. The molecule has 428 valence electrons. The zero-order chi connectivity index (χ0) is 60.6. The van der Waals surface area contributed by atoms with Gasteiger partial charge in [0, 0.05) is 19.6 Å². The lowest BCUT2D eigenvalue weighted by molar-refractivity contribution is 1.39. The molecule has 0 saturated heterocycles. The molecule has 0 fully saturated rings. The quantitative estimate of drug-likeness (QED) is 0.158. The van der Waals surface area contributed by atoms with Crippen molar-refractivity contribution >= 4 is 88.2 Å². The minimum Gasteiger partial charge on any atom is -0.0888 e. The molecule has 19 rings (SSSR count). The van der Waals surface area contributed by atoms with Gasteiger partial charge in [-0.25, -0.2) is 0 Å². The normalized spacial score (nSPS) is 12.0. The third kappa shape index (κ3) is 8.85. The molecule has 2 heteroatoms. The van der Waals surface area contributed by atoms with E-state index in [0.717, 1.165) is 0 Å². The molecule has 2 heterocycles. The Morgan fingerprint density at radius 2 is 0.391 bits per heavy atom. The Balaban J connectivity index is 0.000000137. The maximum Gasteiger partial charge on any atom is 0.0201 e. The highest BCUT2D eigenvalue weighted by atomic mass is 32.2. The van der Waals surface area contributed by atoms with Crippen LogP contribution in [0.3, 0.4) is 0 Å². The molecule has 0 radical (unpaired) electrons. The third-order valence-corrected chi connectivity index (χ3v) is 21.3. The third-order valence-electron chi connectivity index (χ3n) is 19.0. The molecular weight excluding hydrogens is 1150 g/mol. The number of rotatable bonds is 5. The summed E-state index contributed by atoms with van der Waals surface area (Å²) in [5.74, 6) is 0. The second-order valence-electron chi connectivity index (χ2n) is 24.0. The first-order chi connectivity index (χ1) is 45.7. The second-order valence-corrected chi connectivity index (χ2v) is 26.1. The van der Waals surface area contributed by atoms with Gasteiger partial charge in [0.1, 0.15) is 0 Å². The van der Waals surface area contributed by atoms with Gasteiger partial charge in [-0.15, -0.1) is 0 Å². The Kier molecular flexibility index (Phi) is 13.2. The Morgan fingerprint density at radius 1 is 0.141 bits per heavy atom. The van der Waals surface area contributed by atoms with Crippen molar-refractivity contribution < 1.29 is 0 Å². The van der Waals surface area contributed by atoms with Crippen molar-refractivity contribution in [1.82, 2.24) is 0 Å². The molecule has 17 aromatic carbocycles. The summed E-state index contributed by atoms with van der Waals surface area (Å²) < 4.78 is 0. The topological polar surface area (TPSA) is 0 Å². The van der Waals surface area contributed by atoms with Crippen LogP contribution in [0.5, 0.6) is 0 Å². The molecule has 0 saturated carbocycles. The van der Waals surface area contributed by atoms with Gasteiger partial charge >= 0.3 is 0 Å². The van der Waals surface area contributed by atoms with Crippen molar-refractivity contribution in [2.75, 3.05) is 0 Å². The van der Waals surface area contributed by atoms with Crippen LogP contribution in [0.4, 0.5) is 0 Å². The fourth-order valence-corrected chi connectivity index (χ4v) is 17.3. The van der Waals surface area contributed by atoms with Crippen molar-refractivity contribution in [1.29, 1.82) is 0 Å². The van der Waals surface area contributed by atoms with Gasteiger partial charge in [0.25, 0.3) is 0 Å². The molecular formula is C90H56S2. The molecule has 0 spiro atoms. The minimum absolute atomic E-state index is 1.23. The van der Waals surface area contributed by atoms with Gasteiger partial charge in [-0.1, -0.05) is 333 Å². The first-order valence-electron chi connectivity index (χ1n) is 31.6. The molecule has 0 nitrogen and oxygen atoms in total. The smallest absolute Gasteiger partial charge is 0.0201 e. The average Bonchev–Trinajstić information content (AvgIpc) is 0.731. The van der Waals surface area contributed by atoms with Crippen LogP contribution < -0.4 is 0 Å². The van der Waals surface area contributed by atoms with E-state index in [1.54, 1.807) is 0 Å². The van der Waals surface area contributed by atoms with Crippen molar-refractivity contribution in [3.8, 4) is 100 Å². The van der Waals surface area contributed by atoms with Crippen LogP contribution in [-0.4, -0.2) is 0 Å². The predicted octanol–water partition coefficient (Wildman–Crippen LogP) is 26.2. The first kappa shape index (κ1) is 54.0. The van der Waals surface area contributed by atoms with E-state index in [1.165, 1.54) is 184 Å². The summed E-state index contributed by atoms with van der Waals surface area (Å²) >= 11 is 3.74. The molecule has 92 heavy (non-hydrogen) atoms. The summed E-state index contributed by atoms with van der Waals surface area (Å²) in [6, 6.07) is 125. The van der Waals surface area contributed by atoms with Crippen LogP contribution >= 0.6 is 23.5 Å². The Bertz CT molecular complexity index is 5600. The number of hydrogen-bond donors (Lipinski definition) is 0. The monoisotopic (exact) mass is 1200 g/mol. The molecule has 0 amide bonds. The zero-order valence-electron chi connectivity index (χ0n) is 50.1. The number of fused-ring (bicyclic) bond motifs is 12. The van der Waals surface area contributed by atoms with Crippen molar-refractivity contribution in [2.24, 2.45) is 0 Å². The highest BCUT2D eigenvalue weighted by Gasteiger charge is 2.26. The van der Waals surface area contributed by atoms with E-state index in [1.807, 2.05) is 23.5 Å². The SMILES string of the molecule is c1ccc(-c2c3ccccc3c(-c3ccc4c5c(cccc35)-c3ccccc3Sc3ccccc3-4)c3ccccc23)cc1.c1ccc(-c2cccc(-c3c4ccccc4c(-c4ccc5c6c(cccc46)-c4ccccc4Sc4ccccc4-5)c4ccccc34)c2)cc1. The van der Waals surface area contributed by atoms with E-state index in [9.17, 15) is 0 Å². The molecule has 0 unspecified atom stereocenters. The lowest BCUT2D eigenvalue weighted by atomic mass is 9.82. The standard InChI is InChI=1S/C48H30S.C42H26S/c1-2-14-31(15-3-1)32-16-12-17-33(30-32)46-37-20-4-6-22-39(37)48(40-23-7-5-21-38(40)46)43-29-28-42-35-19-9-11-27-45(35)49-44-26-10-8-18-34(44)36-24-13-25-41(43)47(36)42;1-2-13-27(14-3-1)40-31-17-4-6-19-33(31)42(34-20-7-5-18-32(34)40)37-26-25-36-29-16-9-11-24-39(29)43-38-23-10-8-15-28(38)30-21-12-22-35(37)41(30)36/h1-30H;1-26H. The molecule has 0 N–H and O–H groups in total. The van der Waals surface area contributed by atoms with Gasteiger partial charge < -0.3 is 0 Å². The van der Waals surface area contributed by atoms with Crippen LogP contribution in [0.2, 0.25) is 0 Å². The van der Waals surface area contributed by atoms with Crippen molar-refractivity contribution in [2.45, 2.75) is 19.6 Å². The molecule has 2 aliphatic rings. The zero-order valence-corrected chi connectivity index (χ0v) is 51.8. The maximum atomic E-state index is 2.38. The number of hydrogen-bond acceptors (Lipinski definition) is 2. The molecule has 0 aromatic heterocycles. The van der Waals surface area contributed by atoms with E-state index in [2.05, 4.69) is 340 Å². The lowest BCUT2D eigenvalue weighted by Crippen LogP contribution is -1.96. The van der Waals surface area contributed by atoms with Crippen LogP contribution in [0.25, 0.3) is 165 Å². The summed E-state index contributed by atoms with van der Waals surface area (Å²) in [6.45, 7) is 0. The van der Waals surface area contributed by atoms with E-state index >= 15 is 0 Å². The van der Waals surface area contributed by atoms with Gasteiger partial charge in [-0.05, 0) is 195 Å². The fraction of sp³-hybridized carbons (Fsp3) is 0. The van der Waals surface area contributed by atoms with Crippen LogP contribution in [0.15, 0.2) is 359 Å². The van der Waals surface area contributed by atoms with E-state index < -0.39 is 0 Å². The van der Waals surface area contributed by atoms with E-state index in [4.69, 9.17) is 0 Å². The highest BCUT2D eigenvalue weighted by molar-refractivity contribution is 8.00. The highest BCUT2D eigenvalue weighted by Crippen LogP contribution is 2.55. The lowest BCUT2D eigenvalue weighted by Gasteiger charge is -2.23. The van der Waals surface area contributed by atoms with Crippen LogP contribution in [-0.2, 0) is 0 Å². The summed E-state index contributed by atoms with van der Waals surface area (Å²) in [5.41, 5.74) is 23.0. The Hall–Kier alpha value is -11.0. The predicted molar refractivity (Wildman–Crippen MR) is 395 cm³/mol. The number of benzene rings is 17. The maximum absolute atomic E-state index is 2.38. The van der Waals surface area contributed by atoms with Crippen LogP contribution in [0.1, 0.15) is 0 Å². The summed E-state index contributed by atoms with van der Waals surface area (Å²) in [5, 5.41) is 15.4. The fourth-order valence-electron chi connectivity index (χ4n) is 15.0. The summed E-state index contributed by atoms with van der Waals surface area (Å²) in [7, 11) is 0. The van der Waals surface area contributed by atoms with Gasteiger partial charge in [0.2, 0.25) is 0 Å². The van der Waals surface area contributed by atoms with Gasteiger partial charge in [-0.2, -0.15) is 0 Å². The van der Waals surface area contributed by atoms with E-state index in [-0.39, 0.29) is 0 Å². The first-order valence-corrected chi connectivity index (χ1v) is 33.3. The van der Waals surface area contributed by atoms with Gasteiger partial charge in [0.15, 0.2) is 0 Å². The molecule has 2 aliphatic heterocycles. The van der Waals surface area contributed by atoms with Gasteiger partial charge in [0.05, 0.1) is 0 Å². The molecule has 0 atom stereocenters. The Morgan fingerprint density at radius 3 is 0.783 bits per heavy atom. The van der Waals surface area contributed by atoms with Crippen molar-refractivity contribution in [3.63, 3.8) is 0 Å². The molecule has 0 bridgehead atoms. The molecule has 0 aliphatic carbocycles. The minimum atomic E-state index is 1.23. The van der Waals surface area contributed by atoms with Crippen molar-refractivity contribution in [3.05, 3.63) is 340 Å². The van der Waals surface area contributed by atoms with Gasteiger partial charge in [-0.3, -0.25) is 0 Å². The molecule has 17 aromatic rings. The summed E-state index contributed by atoms with van der Waals surface area (Å²) in [4.78, 5) is 5.16. The Labute approximate surface area is 543 Å². The van der Waals surface area contributed by atoms with E-state index in [0.29, 0.717) is 0 Å². The average molecular weight is 1200 g/mol.